The van der Waals surface area contributed by atoms with E-state index in [-0.39, 0.29) is 12.2 Å². The van der Waals surface area contributed by atoms with Crippen LogP contribution in [0, 0.1) is 11.3 Å². The quantitative estimate of drug-likeness (QED) is 0.537. The molecule has 8 nitrogen and oxygen atoms in total. The molecule has 114 valence electrons. The van der Waals surface area contributed by atoms with E-state index in [1.807, 2.05) is 4.72 Å². The maximum atomic E-state index is 11.7. The fraction of sp³-hybridized carbons (Fsp3) is 0.333. The number of nitriles is 1. The van der Waals surface area contributed by atoms with E-state index in [4.69, 9.17) is 15.5 Å². The first kappa shape index (κ1) is 16.7. The molecule has 21 heavy (non-hydrogen) atoms. The monoisotopic (exact) mass is 314 g/mol. The molecule has 0 saturated heterocycles. The van der Waals surface area contributed by atoms with Crippen LogP contribution in [0.4, 0.5) is 0 Å². The molecule has 1 rings (SSSR count). The number of hydrogen-bond donors (Lipinski definition) is 4. The molecule has 4 N–H and O–H groups in total. The zero-order valence-corrected chi connectivity index (χ0v) is 11.8. The second kappa shape index (κ2) is 6.43. The molecule has 0 amide bonds. The highest BCUT2D eigenvalue weighted by molar-refractivity contribution is 7.90. The lowest BCUT2D eigenvalue weighted by molar-refractivity contribution is -0.138. The first-order valence-electron chi connectivity index (χ1n) is 5.81. The van der Waals surface area contributed by atoms with Gasteiger partial charge in [0.2, 0.25) is 10.0 Å². The second-order valence-electron chi connectivity index (χ2n) is 4.35. The van der Waals surface area contributed by atoms with Gasteiger partial charge in [-0.3, -0.25) is 4.79 Å². The van der Waals surface area contributed by atoms with Crippen LogP contribution in [-0.4, -0.2) is 41.0 Å². The molecule has 1 aromatic carbocycles. The van der Waals surface area contributed by atoms with E-state index in [2.05, 4.69) is 0 Å². The molecule has 0 saturated carbocycles. The number of benzene rings is 1. The van der Waals surface area contributed by atoms with Crippen LogP contribution >= 0.6 is 0 Å². The molecule has 0 heterocycles. The molecule has 0 fully saturated rings. The third-order valence-electron chi connectivity index (χ3n) is 2.73. The van der Waals surface area contributed by atoms with Crippen LogP contribution in [0.3, 0.4) is 0 Å². The number of nitrogens with one attached hydrogen (secondary N) is 1. The van der Waals surface area contributed by atoms with Gasteiger partial charge in [-0.15, -0.1) is 0 Å². The minimum atomic E-state index is -4.10. The van der Waals surface area contributed by atoms with Crippen LogP contribution < -0.4 is 4.72 Å². The first-order chi connectivity index (χ1) is 9.67. The van der Waals surface area contributed by atoms with Gasteiger partial charge in [-0.1, -0.05) is 6.07 Å². The van der Waals surface area contributed by atoms with E-state index in [1.54, 1.807) is 0 Å². The van der Waals surface area contributed by atoms with Crippen LogP contribution in [-0.2, 0) is 21.2 Å². The predicted molar refractivity (Wildman–Crippen MR) is 72.0 cm³/mol. The Morgan fingerprint density at radius 1 is 1.38 bits per heavy atom. The Bertz CT molecular complexity index is 679. The lowest BCUT2D eigenvalue weighted by atomic mass is 10.1. The Hall–Kier alpha value is -2.31. The average Bonchev–Trinajstić information content (AvgIpc) is 2.40. The van der Waals surface area contributed by atoms with Gasteiger partial charge in [0.05, 0.1) is 6.07 Å². The van der Waals surface area contributed by atoms with Crippen molar-refractivity contribution in [2.24, 2.45) is 0 Å². The van der Waals surface area contributed by atoms with Gasteiger partial charge in [-0.05, 0) is 31.0 Å². The van der Waals surface area contributed by atoms with Crippen LogP contribution in [0.5, 0.6) is 11.5 Å². The summed E-state index contributed by atoms with van der Waals surface area (Å²) >= 11 is 0. The van der Waals surface area contributed by atoms with Crippen molar-refractivity contribution in [2.45, 2.75) is 24.6 Å². The Balaban J connectivity index is 2.96. The maximum Gasteiger partial charge on any atom is 0.322 e. The van der Waals surface area contributed by atoms with Crippen molar-refractivity contribution in [1.29, 1.82) is 5.26 Å². The lowest BCUT2D eigenvalue weighted by Crippen LogP contribution is -2.45. The van der Waals surface area contributed by atoms with Crippen LogP contribution in [0.25, 0.3) is 0 Å². The van der Waals surface area contributed by atoms with Crippen molar-refractivity contribution >= 4 is 16.0 Å². The lowest BCUT2D eigenvalue weighted by Gasteiger charge is -2.16. The average molecular weight is 314 g/mol. The van der Waals surface area contributed by atoms with Crippen molar-refractivity contribution in [3.8, 4) is 17.6 Å². The Kier molecular flexibility index (Phi) is 5.12. The Morgan fingerprint density at radius 3 is 2.48 bits per heavy atom. The predicted octanol–water partition coefficient (Wildman–Crippen LogP) is -0.0750. The molecule has 9 heteroatoms. The molecule has 2 atom stereocenters. The number of nitrogens with zero attached hydrogens (tertiary/aromatic N) is 1. The SMILES string of the molecule is CC(C#N)S(=O)(=O)NC(Cc1ccc(O)c(O)c1)C(=O)O. The van der Waals surface area contributed by atoms with E-state index in [9.17, 15) is 18.3 Å². The van der Waals surface area contributed by atoms with E-state index >= 15 is 0 Å². The van der Waals surface area contributed by atoms with E-state index < -0.39 is 33.0 Å². The van der Waals surface area contributed by atoms with Gasteiger partial charge in [0.15, 0.2) is 16.7 Å². The summed E-state index contributed by atoms with van der Waals surface area (Å²) < 4.78 is 25.3. The summed E-state index contributed by atoms with van der Waals surface area (Å²) in [4.78, 5) is 11.1. The molecular formula is C12H14N2O6S. The molecule has 0 aliphatic carbocycles. The highest BCUT2D eigenvalue weighted by atomic mass is 32.2. The number of rotatable bonds is 6. The molecule has 0 aliphatic rings. The summed E-state index contributed by atoms with van der Waals surface area (Å²) in [5.41, 5.74) is 0.310. The van der Waals surface area contributed by atoms with E-state index in [0.29, 0.717) is 5.56 Å². The van der Waals surface area contributed by atoms with Gasteiger partial charge in [0, 0.05) is 0 Å². The number of phenolic OH excluding ortho intramolecular Hbond substituents is 2. The van der Waals surface area contributed by atoms with Gasteiger partial charge < -0.3 is 15.3 Å². The normalized spacial score (nSPS) is 14.1. The highest BCUT2D eigenvalue weighted by Crippen LogP contribution is 2.25. The molecule has 1 aromatic rings. The Labute approximate surface area is 121 Å². The molecule has 0 aromatic heterocycles. The third kappa shape index (κ3) is 4.34. The first-order valence-corrected chi connectivity index (χ1v) is 7.36. The fourth-order valence-corrected chi connectivity index (χ4v) is 2.40. The van der Waals surface area contributed by atoms with Crippen molar-refractivity contribution < 1.29 is 28.5 Å². The molecule has 0 bridgehead atoms. The number of aromatic hydroxyl groups is 2. The Morgan fingerprint density at radius 2 is 2.00 bits per heavy atom. The summed E-state index contributed by atoms with van der Waals surface area (Å²) in [6.07, 6.45) is -0.249. The number of carboxylic acid groups (broad SMARTS) is 1. The molecule has 0 aliphatic heterocycles. The summed E-state index contributed by atoms with van der Waals surface area (Å²) in [5, 5.41) is 34.8. The number of aliphatic carboxylic acids is 1. The zero-order chi connectivity index (χ0) is 16.2. The van der Waals surface area contributed by atoms with Gasteiger partial charge in [0.25, 0.3) is 0 Å². The number of hydrogen-bond acceptors (Lipinski definition) is 6. The van der Waals surface area contributed by atoms with Crippen LogP contribution in [0.1, 0.15) is 12.5 Å². The van der Waals surface area contributed by atoms with Gasteiger partial charge in [-0.2, -0.15) is 9.98 Å². The van der Waals surface area contributed by atoms with Crippen molar-refractivity contribution in [1.82, 2.24) is 4.72 Å². The standard InChI is InChI=1S/C12H14N2O6S/c1-7(6-13)21(19,20)14-9(12(17)18)4-8-2-3-10(15)11(16)5-8/h2-3,5,7,9,14-16H,4H2,1H3,(H,17,18). The van der Waals surface area contributed by atoms with Gasteiger partial charge in [0.1, 0.15) is 6.04 Å². The topological polar surface area (TPSA) is 148 Å². The summed E-state index contributed by atoms with van der Waals surface area (Å²) in [7, 11) is -4.10. The summed E-state index contributed by atoms with van der Waals surface area (Å²) in [6.45, 7) is 1.13. The number of sulfonamides is 1. The summed E-state index contributed by atoms with van der Waals surface area (Å²) in [6, 6.07) is 3.67. The van der Waals surface area contributed by atoms with E-state index in [1.165, 1.54) is 12.1 Å². The zero-order valence-electron chi connectivity index (χ0n) is 11.0. The minimum absolute atomic E-state index is 0.249. The number of phenols is 2. The molecule has 0 radical (unpaired) electrons. The highest BCUT2D eigenvalue weighted by Gasteiger charge is 2.28. The smallest absolute Gasteiger partial charge is 0.322 e. The van der Waals surface area contributed by atoms with E-state index in [0.717, 1.165) is 19.1 Å². The van der Waals surface area contributed by atoms with Crippen molar-refractivity contribution in [2.75, 3.05) is 0 Å². The summed E-state index contributed by atoms with van der Waals surface area (Å²) in [5.74, 6) is -2.23. The molecular weight excluding hydrogens is 300 g/mol. The molecule has 2 unspecified atom stereocenters. The number of carboxylic acids is 1. The minimum Gasteiger partial charge on any atom is -0.504 e. The fourth-order valence-electron chi connectivity index (χ4n) is 1.48. The van der Waals surface area contributed by atoms with Crippen molar-refractivity contribution in [3.63, 3.8) is 0 Å². The number of carbonyl (C=O) groups is 1. The van der Waals surface area contributed by atoms with Gasteiger partial charge >= 0.3 is 5.97 Å². The third-order valence-corrected chi connectivity index (χ3v) is 4.38. The molecule has 0 spiro atoms. The van der Waals surface area contributed by atoms with Crippen molar-refractivity contribution in [3.05, 3.63) is 23.8 Å². The second-order valence-corrected chi connectivity index (χ2v) is 6.39. The van der Waals surface area contributed by atoms with Gasteiger partial charge in [-0.25, -0.2) is 8.42 Å². The largest absolute Gasteiger partial charge is 0.504 e. The maximum absolute atomic E-state index is 11.7. The van der Waals surface area contributed by atoms with Crippen LogP contribution in [0.15, 0.2) is 18.2 Å². The van der Waals surface area contributed by atoms with Crippen LogP contribution in [0.2, 0.25) is 0 Å².